The summed E-state index contributed by atoms with van der Waals surface area (Å²) >= 11 is 0. The topological polar surface area (TPSA) is 82.0 Å². The van der Waals surface area contributed by atoms with Gasteiger partial charge in [0, 0.05) is 12.7 Å². The van der Waals surface area contributed by atoms with Crippen molar-refractivity contribution in [1.82, 2.24) is 4.98 Å². The van der Waals surface area contributed by atoms with E-state index in [1.807, 2.05) is 0 Å². The van der Waals surface area contributed by atoms with Crippen LogP contribution < -0.4 is 11.5 Å². The monoisotopic (exact) mass is 201 g/mol. The minimum Gasteiger partial charge on any atom is -0.366 e. The van der Waals surface area contributed by atoms with E-state index in [-0.39, 0.29) is 17.7 Å². The molecule has 1 rings (SSSR count). The molecule has 0 bridgehead atoms. The van der Waals surface area contributed by atoms with Gasteiger partial charge in [-0.3, -0.25) is 9.78 Å². The van der Waals surface area contributed by atoms with E-state index in [0.29, 0.717) is 0 Å². The first-order valence-corrected chi connectivity index (χ1v) is 3.83. The van der Waals surface area contributed by atoms with Crippen LogP contribution in [-0.2, 0) is 6.54 Å². The molecule has 0 fully saturated rings. The number of nitrogens with two attached hydrogens (primary N) is 2. The fourth-order valence-electron chi connectivity index (χ4n) is 1.03. The lowest BCUT2D eigenvalue weighted by Crippen LogP contribution is -2.16. The van der Waals surface area contributed by atoms with E-state index in [2.05, 4.69) is 4.98 Å². The predicted molar refractivity (Wildman–Crippen MR) is 45.6 cm³/mol. The van der Waals surface area contributed by atoms with Crippen molar-refractivity contribution in [3.8, 4) is 0 Å². The molecular formula is C8H9F2N3O. The summed E-state index contributed by atoms with van der Waals surface area (Å²) < 4.78 is 24.4. The molecule has 1 heterocycles. The van der Waals surface area contributed by atoms with Gasteiger partial charge in [-0.15, -0.1) is 0 Å². The number of pyridine rings is 1. The minimum absolute atomic E-state index is 0.0273. The lowest BCUT2D eigenvalue weighted by molar-refractivity contribution is 0.0998. The van der Waals surface area contributed by atoms with Crippen LogP contribution in [0.5, 0.6) is 0 Å². The number of hydrogen-bond donors (Lipinski definition) is 2. The molecule has 0 aliphatic heterocycles. The van der Waals surface area contributed by atoms with Crippen molar-refractivity contribution in [2.45, 2.75) is 13.0 Å². The molecule has 1 aromatic rings. The largest absolute Gasteiger partial charge is 0.366 e. The lowest BCUT2D eigenvalue weighted by atomic mass is 10.1. The molecule has 0 spiro atoms. The Hall–Kier alpha value is -1.56. The number of aromatic nitrogens is 1. The molecule has 4 N–H and O–H groups in total. The van der Waals surface area contributed by atoms with Gasteiger partial charge in [-0.25, -0.2) is 8.78 Å². The van der Waals surface area contributed by atoms with Gasteiger partial charge in [0.15, 0.2) is 0 Å². The summed E-state index contributed by atoms with van der Waals surface area (Å²) in [4.78, 5) is 14.2. The number of primary amides is 1. The van der Waals surface area contributed by atoms with E-state index in [1.54, 1.807) is 0 Å². The molecule has 0 aliphatic rings. The van der Waals surface area contributed by atoms with Crippen molar-refractivity contribution in [2.24, 2.45) is 11.5 Å². The lowest BCUT2D eigenvalue weighted by Gasteiger charge is -2.05. The van der Waals surface area contributed by atoms with Crippen LogP contribution >= 0.6 is 0 Å². The minimum atomic E-state index is -2.68. The standard InChI is InChI=1S/C8H9F2N3O/c9-7(10)6-1-4(2-11)5(3-13-6)8(12)14/h1,3,7H,2,11H2,(H2,12,14). The number of halogens is 2. The van der Waals surface area contributed by atoms with Crippen molar-refractivity contribution < 1.29 is 13.6 Å². The Morgan fingerprint density at radius 3 is 2.64 bits per heavy atom. The average Bonchev–Trinajstić information content (AvgIpc) is 2.16. The number of rotatable bonds is 3. The number of hydrogen-bond acceptors (Lipinski definition) is 3. The van der Waals surface area contributed by atoms with Crippen molar-refractivity contribution in [2.75, 3.05) is 0 Å². The van der Waals surface area contributed by atoms with E-state index >= 15 is 0 Å². The molecule has 0 aromatic carbocycles. The third-order valence-corrected chi connectivity index (χ3v) is 1.72. The van der Waals surface area contributed by atoms with Gasteiger partial charge in [0.25, 0.3) is 12.3 Å². The SMILES string of the molecule is NCc1cc(C(F)F)ncc1C(N)=O. The second-order valence-corrected chi connectivity index (χ2v) is 2.64. The van der Waals surface area contributed by atoms with E-state index in [1.165, 1.54) is 0 Å². The van der Waals surface area contributed by atoms with Crippen LogP contribution in [0.2, 0.25) is 0 Å². The summed E-state index contributed by atoms with van der Waals surface area (Å²) in [5, 5.41) is 0. The molecular weight excluding hydrogens is 192 g/mol. The van der Waals surface area contributed by atoms with Gasteiger partial charge in [-0.1, -0.05) is 0 Å². The number of carbonyl (C=O) groups excluding carboxylic acids is 1. The van der Waals surface area contributed by atoms with Gasteiger partial charge >= 0.3 is 0 Å². The number of amides is 1. The van der Waals surface area contributed by atoms with Crippen LogP contribution in [0.1, 0.15) is 28.0 Å². The zero-order chi connectivity index (χ0) is 10.7. The van der Waals surface area contributed by atoms with E-state index in [4.69, 9.17) is 11.5 Å². The molecule has 0 radical (unpaired) electrons. The Morgan fingerprint density at radius 1 is 1.57 bits per heavy atom. The molecule has 14 heavy (non-hydrogen) atoms. The Balaban J connectivity index is 3.18. The first-order chi connectivity index (χ1) is 6.56. The van der Waals surface area contributed by atoms with Crippen molar-refractivity contribution >= 4 is 5.91 Å². The Labute approximate surface area is 78.9 Å². The van der Waals surface area contributed by atoms with Crippen molar-refractivity contribution in [3.05, 3.63) is 29.1 Å². The van der Waals surface area contributed by atoms with Gasteiger partial charge in [0.1, 0.15) is 5.69 Å². The first kappa shape index (κ1) is 10.5. The zero-order valence-electron chi connectivity index (χ0n) is 7.21. The molecule has 1 amide bonds. The highest BCUT2D eigenvalue weighted by molar-refractivity contribution is 5.94. The van der Waals surface area contributed by atoms with Gasteiger partial charge in [-0.2, -0.15) is 0 Å². The summed E-state index contributed by atoms with van der Waals surface area (Å²) in [6.45, 7) is -0.0273. The molecule has 0 saturated heterocycles. The normalized spacial score (nSPS) is 10.6. The summed E-state index contributed by atoms with van der Waals surface area (Å²) in [5.41, 5.74) is 10.2. The Kier molecular flexibility index (Phi) is 3.08. The first-order valence-electron chi connectivity index (χ1n) is 3.83. The van der Waals surface area contributed by atoms with Crippen LogP contribution in [-0.4, -0.2) is 10.9 Å². The smallest absolute Gasteiger partial charge is 0.280 e. The Morgan fingerprint density at radius 2 is 2.21 bits per heavy atom. The average molecular weight is 201 g/mol. The summed E-state index contributed by atoms with van der Waals surface area (Å²) in [6, 6.07) is 1.09. The van der Waals surface area contributed by atoms with Crippen LogP contribution in [0, 0.1) is 0 Å². The van der Waals surface area contributed by atoms with Crippen LogP contribution in [0.3, 0.4) is 0 Å². The predicted octanol–water partition coefficient (Wildman–Crippen LogP) is 0.577. The number of alkyl halides is 2. The fourth-order valence-corrected chi connectivity index (χ4v) is 1.03. The molecule has 6 heteroatoms. The van der Waals surface area contributed by atoms with Crippen LogP contribution in [0.15, 0.2) is 12.3 Å². The molecule has 0 aliphatic carbocycles. The highest BCUT2D eigenvalue weighted by Crippen LogP contribution is 2.18. The molecule has 0 atom stereocenters. The molecule has 76 valence electrons. The third-order valence-electron chi connectivity index (χ3n) is 1.72. The number of nitrogens with zero attached hydrogens (tertiary/aromatic N) is 1. The van der Waals surface area contributed by atoms with Crippen molar-refractivity contribution in [1.29, 1.82) is 0 Å². The maximum atomic E-state index is 12.2. The van der Waals surface area contributed by atoms with Crippen LogP contribution in [0.25, 0.3) is 0 Å². The van der Waals surface area contributed by atoms with Crippen molar-refractivity contribution in [3.63, 3.8) is 0 Å². The molecule has 0 unspecified atom stereocenters. The van der Waals surface area contributed by atoms with E-state index in [9.17, 15) is 13.6 Å². The highest BCUT2D eigenvalue weighted by atomic mass is 19.3. The summed E-state index contributed by atoms with van der Waals surface area (Å²) in [6.07, 6.45) is -1.66. The van der Waals surface area contributed by atoms with Gasteiger partial charge in [-0.05, 0) is 11.6 Å². The summed E-state index contributed by atoms with van der Waals surface area (Å²) in [7, 11) is 0. The second-order valence-electron chi connectivity index (χ2n) is 2.64. The molecule has 1 aromatic heterocycles. The Bertz CT molecular complexity index is 354. The molecule has 4 nitrogen and oxygen atoms in total. The summed E-state index contributed by atoms with van der Waals surface area (Å²) in [5.74, 6) is -0.723. The highest BCUT2D eigenvalue weighted by Gasteiger charge is 2.13. The van der Waals surface area contributed by atoms with E-state index < -0.39 is 18.0 Å². The quantitative estimate of drug-likeness (QED) is 0.750. The third kappa shape index (κ3) is 2.02. The van der Waals surface area contributed by atoms with Crippen LogP contribution in [0.4, 0.5) is 8.78 Å². The maximum Gasteiger partial charge on any atom is 0.280 e. The van der Waals surface area contributed by atoms with Gasteiger partial charge in [0.05, 0.1) is 5.56 Å². The van der Waals surface area contributed by atoms with E-state index in [0.717, 1.165) is 12.3 Å². The fraction of sp³-hybridized carbons (Fsp3) is 0.250. The number of carbonyl (C=O) groups is 1. The second kappa shape index (κ2) is 4.10. The molecule has 0 saturated carbocycles. The maximum absolute atomic E-state index is 12.2. The zero-order valence-corrected chi connectivity index (χ0v) is 7.21. The van der Waals surface area contributed by atoms with Gasteiger partial charge < -0.3 is 11.5 Å². The van der Waals surface area contributed by atoms with Gasteiger partial charge in [0.2, 0.25) is 0 Å².